The van der Waals surface area contributed by atoms with Gasteiger partial charge in [0.15, 0.2) is 0 Å². The van der Waals surface area contributed by atoms with Crippen LogP contribution in [0.3, 0.4) is 0 Å². The number of rotatable bonds is 7. The van der Waals surface area contributed by atoms with Crippen LogP contribution in [0.25, 0.3) is 10.6 Å². The molecule has 152 valence electrons. The lowest BCUT2D eigenvalue weighted by Gasteiger charge is -2.09. The number of amides is 1. The van der Waals surface area contributed by atoms with E-state index >= 15 is 0 Å². The number of aromatic nitrogens is 1. The van der Waals surface area contributed by atoms with Crippen molar-refractivity contribution in [1.82, 2.24) is 4.98 Å². The first-order valence-corrected chi connectivity index (χ1v) is 12.2. The van der Waals surface area contributed by atoms with Crippen LogP contribution < -0.4 is 10.0 Å². The molecule has 0 aliphatic heterocycles. The number of hydrogen-bond acceptors (Lipinski definition) is 6. The van der Waals surface area contributed by atoms with Crippen LogP contribution >= 0.6 is 22.7 Å². The van der Waals surface area contributed by atoms with Crippen LogP contribution in [-0.2, 0) is 21.2 Å². The summed E-state index contributed by atoms with van der Waals surface area (Å²) in [5, 5.41) is 7.41. The molecule has 2 N–H and O–H groups in total. The summed E-state index contributed by atoms with van der Waals surface area (Å²) in [6, 6.07) is 17.5. The van der Waals surface area contributed by atoms with Gasteiger partial charge in [0.25, 0.3) is 10.0 Å². The fraction of sp³-hybridized carbons (Fsp3) is 0.0476. The fourth-order valence-electron chi connectivity index (χ4n) is 2.80. The third-order valence-electron chi connectivity index (χ3n) is 4.16. The highest BCUT2D eigenvalue weighted by Crippen LogP contribution is 2.25. The van der Waals surface area contributed by atoms with Crippen LogP contribution in [0.1, 0.15) is 5.56 Å². The highest BCUT2D eigenvalue weighted by atomic mass is 32.2. The molecule has 4 rings (SSSR count). The summed E-state index contributed by atoms with van der Waals surface area (Å²) in [6.45, 7) is 0. The van der Waals surface area contributed by atoms with E-state index in [4.69, 9.17) is 0 Å². The number of thiazole rings is 1. The average Bonchev–Trinajstić information content (AvgIpc) is 3.44. The molecule has 2 heterocycles. The molecule has 0 radical (unpaired) electrons. The van der Waals surface area contributed by atoms with E-state index in [1.807, 2.05) is 29.6 Å². The first-order chi connectivity index (χ1) is 14.5. The zero-order valence-electron chi connectivity index (χ0n) is 15.6. The summed E-state index contributed by atoms with van der Waals surface area (Å²) in [5.41, 5.74) is 2.88. The Morgan fingerprint density at radius 2 is 1.77 bits per heavy atom. The minimum Gasteiger partial charge on any atom is -0.326 e. The predicted octanol–water partition coefficient (Wildman–Crippen LogP) is 4.85. The van der Waals surface area contributed by atoms with Crippen molar-refractivity contribution >= 4 is 50.0 Å². The third-order valence-corrected chi connectivity index (χ3v) is 7.76. The van der Waals surface area contributed by atoms with Gasteiger partial charge in [-0.15, -0.1) is 22.7 Å². The van der Waals surface area contributed by atoms with E-state index in [9.17, 15) is 13.2 Å². The molecule has 30 heavy (non-hydrogen) atoms. The van der Waals surface area contributed by atoms with Crippen molar-refractivity contribution < 1.29 is 13.2 Å². The number of anilines is 2. The Morgan fingerprint density at radius 1 is 0.933 bits per heavy atom. The Morgan fingerprint density at radius 3 is 2.47 bits per heavy atom. The van der Waals surface area contributed by atoms with E-state index in [-0.39, 0.29) is 16.5 Å². The first-order valence-electron chi connectivity index (χ1n) is 8.95. The van der Waals surface area contributed by atoms with Crippen molar-refractivity contribution in [3.8, 4) is 10.6 Å². The van der Waals surface area contributed by atoms with Crippen LogP contribution in [0.5, 0.6) is 0 Å². The van der Waals surface area contributed by atoms with Gasteiger partial charge in [-0.25, -0.2) is 13.4 Å². The lowest BCUT2D eigenvalue weighted by molar-refractivity contribution is -0.115. The Bertz CT molecular complexity index is 1230. The monoisotopic (exact) mass is 455 g/mol. The van der Waals surface area contributed by atoms with Crippen molar-refractivity contribution in [1.29, 1.82) is 0 Å². The predicted molar refractivity (Wildman–Crippen MR) is 121 cm³/mol. The second kappa shape index (κ2) is 8.78. The number of hydrogen-bond donors (Lipinski definition) is 2. The molecule has 0 unspecified atom stereocenters. The van der Waals surface area contributed by atoms with Gasteiger partial charge in [0.1, 0.15) is 9.22 Å². The normalized spacial score (nSPS) is 11.2. The highest BCUT2D eigenvalue weighted by molar-refractivity contribution is 7.94. The van der Waals surface area contributed by atoms with E-state index in [1.54, 1.807) is 48.0 Å². The first kappa shape index (κ1) is 20.3. The van der Waals surface area contributed by atoms with Gasteiger partial charge in [0, 0.05) is 28.5 Å². The Labute approximate surface area is 182 Å². The molecule has 0 saturated carbocycles. The summed E-state index contributed by atoms with van der Waals surface area (Å²) < 4.78 is 27.3. The fourth-order valence-corrected chi connectivity index (χ4v) is 5.49. The molecule has 2 aromatic carbocycles. The van der Waals surface area contributed by atoms with E-state index < -0.39 is 10.0 Å². The molecule has 0 aliphatic carbocycles. The maximum Gasteiger partial charge on any atom is 0.271 e. The van der Waals surface area contributed by atoms with Gasteiger partial charge in [-0.05, 0) is 41.3 Å². The van der Waals surface area contributed by atoms with Crippen LogP contribution in [0.4, 0.5) is 11.4 Å². The summed E-state index contributed by atoms with van der Waals surface area (Å²) in [4.78, 5) is 16.7. The Hall–Kier alpha value is -3.01. The molecule has 1 amide bonds. The standard InChI is InChI=1S/C21H17N3O3S3/c25-19(23-18-4-1-3-16(14-18)21-22-10-12-29-21)13-15-6-8-17(9-7-15)24-30(26,27)20-5-2-11-28-20/h1-12,14,24H,13H2,(H,23,25). The van der Waals surface area contributed by atoms with Crippen LogP contribution in [0.2, 0.25) is 0 Å². The number of thiophene rings is 1. The molecule has 2 aromatic heterocycles. The second-order valence-electron chi connectivity index (χ2n) is 6.38. The molecule has 0 spiro atoms. The molecular formula is C21H17N3O3S3. The van der Waals surface area contributed by atoms with Gasteiger partial charge < -0.3 is 5.32 Å². The van der Waals surface area contributed by atoms with Crippen molar-refractivity contribution in [2.75, 3.05) is 10.0 Å². The quantitative estimate of drug-likeness (QED) is 0.417. The van der Waals surface area contributed by atoms with Gasteiger partial charge in [-0.1, -0.05) is 30.3 Å². The van der Waals surface area contributed by atoms with E-state index in [1.165, 1.54) is 11.3 Å². The SMILES string of the molecule is O=C(Cc1ccc(NS(=O)(=O)c2cccs2)cc1)Nc1cccc(-c2nccs2)c1. The van der Waals surface area contributed by atoms with Crippen molar-refractivity contribution in [3.05, 3.63) is 83.2 Å². The Balaban J connectivity index is 1.38. The Kier molecular flexibility index (Phi) is 5.93. The summed E-state index contributed by atoms with van der Waals surface area (Å²) >= 11 is 2.69. The molecular weight excluding hydrogens is 438 g/mol. The molecule has 0 aliphatic rings. The number of nitrogens with zero attached hydrogens (tertiary/aromatic N) is 1. The third kappa shape index (κ3) is 4.93. The lowest BCUT2D eigenvalue weighted by atomic mass is 10.1. The molecule has 4 aromatic rings. The van der Waals surface area contributed by atoms with Crippen molar-refractivity contribution in [2.24, 2.45) is 0 Å². The topological polar surface area (TPSA) is 88.2 Å². The highest BCUT2D eigenvalue weighted by Gasteiger charge is 2.15. The second-order valence-corrected chi connectivity index (χ2v) is 10.1. The van der Waals surface area contributed by atoms with Gasteiger partial charge >= 0.3 is 0 Å². The summed E-state index contributed by atoms with van der Waals surface area (Å²) in [5.74, 6) is -0.154. The zero-order valence-corrected chi connectivity index (χ0v) is 18.1. The maximum absolute atomic E-state index is 12.4. The number of benzene rings is 2. The lowest BCUT2D eigenvalue weighted by Crippen LogP contribution is -2.14. The maximum atomic E-state index is 12.4. The van der Waals surface area contributed by atoms with Crippen LogP contribution in [-0.4, -0.2) is 19.3 Å². The number of carbonyl (C=O) groups is 1. The average molecular weight is 456 g/mol. The van der Waals surface area contributed by atoms with Crippen LogP contribution in [0, 0.1) is 0 Å². The molecule has 0 atom stereocenters. The van der Waals surface area contributed by atoms with Crippen molar-refractivity contribution in [3.63, 3.8) is 0 Å². The van der Waals surface area contributed by atoms with Crippen molar-refractivity contribution in [2.45, 2.75) is 10.6 Å². The van der Waals surface area contributed by atoms with E-state index in [2.05, 4.69) is 15.0 Å². The zero-order chi connectivity index (χ0) is 21.0. The van der Waals surface area contributed by atoms with Crippen LogP contribution in [0.15, 0.2) is 81.8 Å². The minimum atomic E-state index is -3.58. The van der Waals surface area contributed by atoms with Gasteiger partial charge in [0.2, 0.25) is 5.91 Å². The molecule has 0 fully saturated rings. The largest absolute Gasteiger partial charge is 0.326 e. The van der Waals surface area contributed by atoms with Gasteiger partial charge in [-0.3, -0.25) is 9.52 Å². The summed E-state index contributed by atoms with van der Waals surface area (Å²) in [6.07, 6.45) is 1.93. The number of sulfonamides is 1. The number of nitrogens with one attached hydrogen (secondary N) is 2. The number of carbonyl (C=O) groups excluding carboxylic acids is 1. The molecule has 9 heteroatoms. The minimum absolute atomic E-state index is 0.154. The molecule has 0 saturated heterocycles. The molecule has 0 bridgehead atoms. The van der Waals surface area contributed by atoms with Gasteiger partial charge in [0.05, 0.1) is 6.42 Å². The van der Waals surface area contributed by atoms with Gasteiger partial charge in [-0.2, -0.15) is 0 Å². The molecule has 6 nitrogen and oxygen atoms in total. The summed E-state index contributed by atoms with van der Waals surface area (Å²) in [7, 11) is -3.58. The smallest absolute Gasteiger partial charge is 0.271 e. The van der Waals surface area contributed by atoms with E-state index in [0.717, 1.165) is 27.5 Å². The van der Waals surface area contributed by atoms with E-state index in [0.29, 0.717) is 11.4 Å².